The smallest absolute Gasteiger partial charge is 0.243 e. The van der Waals surface area contributed by atoms with E-state index in [2.05, 4.69) is 17.6 Å². The van der Waals surface area contributed by atoms with Gasteiger partial charge in [-0.2, -0.15) is 4.31 Å². The van der Waals surface area contributed by atoms with Crippen molar-refractivity contribution in [3.05, 3.63) is 29.8 Å². The molecule has 1 saturated heterocycles. The number of unbranched alkanes of at least 4 members (excludes halogenated alkanes) is 1. The molecule has 1 aliphatic heterocycles. The Balaban J connectivity index is 1.72. The van der Waals surface area contributed by atoms with Crippen LogP contribution in [-0.4, -0.2) is 63.4 Å². The van der Waals surface area contributed by atoms with E-state index in [0.29, 0.717) is 26.0 Å². The lowest BCUT2D eigenvalue weighted by atomic mass is 9.97. The van der Waals surface area contributed by atoms with Gasteiger partial charge in [0.1, 0.15) is 6.04 Å². The molecule has 2 amide bonds. The number of nitrogens with zero attached hydrogens (tertiary/aromatic N) is 1. The number of carbonyl (C=O) groups is 2. The first-order chi connectivity index (χ1) is 15.3. The minimum atomic E-state index is -3.56. The number of hydrogen-bond donors (Lipinski definition) is 2. The summed E-state index contributed by atoms with van der Waals surface area (Å²) < 4.78 is 32.5. The first-order valence-corrected chi connectivity index (χ1v) is 12.9. The molecule has 0 radical (unpaired) electrons. The van der Waals surface area contributed by atoms with Gasteiger partial charge in [-0.1, -0.05) is 31.0 Å². The number of hydrogen-bond acceptors (Lipinski definition) is 5. The molecule has 8 nitrogen and oxygen atoms in total. The molecule has 0 saturated carbocycles. The van der Waals surface area contributed by atoms with Crippen molar-refractivity contribution in [2.75, 3.05) is 32.8 Å². The minimum absolute atomic E-state index is 0.206. The highest BCUT2D eigenvalue weighted by atomic mass is 32.2. The summed E-state index contributed by atoms with van der Waals surface area (Å²) >= 11 is 0. The number of carbonyl (C=O) groups excluding carboxylic acids is 2. The maximum atomic E-state index is 12.8. The topological polar surface area (TPSA) is 105 Å². The summed E-state index contributed by atoms with van der Waals surface area (Å²) in [5, 5.41) is 5.57. The van der Waals surface area contributed by atoms with Crippen LogP contribution in [0, 0.1) is 12.8 Å². The van der Waals surface area contributed by atoms with Crippen molar-refractivity contribution in [2.45, 2.75) is 63.8 Å². The van der Waals surface area contributed by atoms with Gasteiger partial charge in [-0.05, 0) is 51.7 Å². The zero-order chi connectivity index (χ0) is 23.6. The van der Waals surface area contributed by atoms with Crippen LogP contribution < -0.4 is 10.6 Å². The van der Waals surface area contributed by atoms with Gasteiger partial charge in [0.15, 0.2) is 0 Å². The third-order valence-corrected chi connectivity index (χ3v) is 7.56. The summed E-state index contributed by atoms with van der Waals surface area (Å²) in [6.07, 6.45) is 3.71. The predicted octanol–water partition coefficient (Wildman–Crippen LogP) is 2.22. The molecule has 1 heterocycles. The number of aryl methyl sites for hydroxylation is 1. The quantitative estimate of drug-likeness (QED) is 0.459. The van der Waals surface area contributed by atoms with Gasteiger partial charge in [0, 0.05) is 38.8 Å². The van der Waals surface area contributed by atoms with Crippen LogP contribution >= 0.6 is 0 Å². The Labute approximate surface area is 192 Å². The summed E-state index contributed by atoms with van der Waals surface area (Å²) in [5.41, 5.74) is 0.998. The van der Waals surface area contributed by atoms with Gasteiger partial charge in [-0.3, -0.25) is 9.59 Å². The van der Waals surface area contributed by atoms with E-state index in [1.165, 1.54) is 4.31 Å². The molecule has 1 aromatic rings. The summed E-state index contributed by atoms with van der Waals surface area (Å²) in [5.74, 6) is -0.740. The average Bonchev–Trinajstić information content (AvgIpc) is 2.78. The fourth-order valence-corrected chi connectivity index (χ4v) is 4.97. The molecule has 1 atom stereocenters. The number of amides is 2. The Morgan fingerprint density at radius 2 is 1.75 bits per heavy atom. The largest absolute Gasteiger partial charge is 0.381 e. The van der Waals surface area contributed by atoms with Crippen LogP contribution in [0.3, 0.4) is 0 Å². The highest BCUT2D eigenvalue weighted by molar-refractivity contribution is 7.89. The van der Waals surface area contributed by atoms with Crippen LogP contribution in [0.5, 0.6) is 0 Å². The van der Waals surface area contributed by atoms with E-state index in [-0.39, 0.29) is 35.7 Å². The first-order valence-electron chi connectivity index (χ1n) is 11.5. The van der Waals surface area contributed by atoms with Gasteiger partial charge in [0.2, 0.25) is 21.8 Å². The van der Waals surface area contributed by atoms with Gasteiger partial charge in [-0.15, -0.1) is 0 Å². The maximum absolute atomic E-state index is 12.8. The summed E-state index contributed by atoms with van der Waals surface area (Å²) in [6, 6.07) is 6.14. The normalized spacial score (nSPS) is 16.5. The molecule has 1 aromatic carbocycles. The molecule has 180 valence electrons. The number of piperidine rings is 1. The van der Waals surface area contributed by atoms with Crippen LogP contribution in [0.15, 0.2) is 29.2 Å². The van der Waals surface area contributed by atoms with E-state index in [9.17, 15) is 18.0 Å². The molecule has 2 rings (SSSR count). The van der Waals surface area contributed by atoms with E-state index < -0.39 is 16.1 Å². The monoisotopic (exact) mass is 467 g/mol. The fraction of sp³-hybridized carbons (Fsp3) is 0.652. The standard InChI is InChI=1S/C23H37N3O5S/c1-4-5-16-31-17-6-13-24-22(27)19(3)25-23(28)20-11-14-26(15-12-20)32(29,30)21-9-7-18(2)8-10-21/h7-10,19-20H,4-6,11-17H2,1-3H3,(H,24,27)(H,25,28). The third-order valence-electron chi connectivity index (χ3n) is 5.64. The lowest BCUT2D eigenvalue weighted by Crippen LogP contribution is -2.49. The molecule has 0 bridgehead atoms. The SMILES string of the molecule is CCCCOCCCNC(=O)C(C)NC(=O)C1CCN(S(=O)(=O)c2ccc(C)cc2)CC1. The molecule has 1 fully saturated rings. The van der Waals surface area contributed by atoms with Crippen LogP contribution in [0.25, 0.3) is 0 Å². The van der Waals surface area contributed by atoms with Gasteiger partial charge in [0.05, 0.1) is 4.90 Å². The second-order valence-corrected chi connectivity index (χ2v) is 10.3. The zero-order valence-electron chi connectivity index (χ0n) is 19.4. The fourth-order valence-electron chi connectivity index (χ4n) is 3.50. The molecular formula is C23H37N3O5S. The summed E-state index contributed by atoms with van der Waals surface area (Å²) in [4.78, 5) is 25.1. The molecule has 1 aliphatic rings. The molecule has 0 spiro atoms. The Bertz CT molecular complexity index is 834. The highest BCUT2D eigenvalue weighted by Crippen LogP contribution is 2.24. The van der Waals surface area contributed by atoms with Crippen molar-refractivity contribution in [3.63, 3.8) is 0 Å². The Kier molecular flexibility index (Phi) is 10.6. The van der Waals surface area contributed by atoms with E-state index in [4.69, 9.17) is 4.74 Å². The van der Waals surface area contributed by atoms with Gasteiger partial charge < -0.3 is 15.4 Å². The lowest BCUT2D eigenvalue weighted by molar-refractivity contribution is -0.131. The van der Waals surface area contributed by atoms with E-state index in [0.717, 1.165) is 31.4 Å². The molecule has 9 heteroatoms. The van der Waals surface area contributed by atoms with Gasteiger partial charge >= 0.3 is 0 Å². The average molecular weight is 468 g/mol. The van der Waals surface area contributed by atoms with Crippen LogP contribution in [0.2, 0.25) is 0 Å². The van der Waals surface area contributed by atoms with Gasteiger partial charge in [-0.25, -0.2) is 8.42 Å². The minimum Gasteiger partial charge on any atom is -0.381 e. The highest BCUT2D eigenvalue weighted by Gasteiger charge is 2.32. The van der Waals surface area contributed by atoms with E-state index >= 15 is 0 Å². The Morgan fingerprint density at radius 1 is 1.12 bits per heavy atom. The molecule has 2 N–H and O–H groups in total. The summed E-state index contributed by atoms with van der Waals surface area (Å²) in [6.45, 7) is 8.08. The van der Waals surface area contributed by atoms with Gasteiger partial charge in [0.25, 0.3) is 0 Å². The molecule has 32 heavy (non-hydrogen) atoms. The Hall–Kier alpha value is -1.97. The molecule has 0 aliphatic carbocycles. The number of nitrogens with one attached hydrogen (secondary N) is 2. The second kappa shape index (κ2) is 12.9. The molecule has 1 unspecified atom stereocenters. The predicted molar refractivity (Wildman–Crippen MR) is 124 cm³/mol. The third kappa shape index (κ3) is 7.86. The van der Waals surface area contributed by atoms with Crippen LogP contribution in [-0.2, 0) is 24.3 Å². The van der Waals surface area contributed by atoms with Crippen molar-refractivity contribution in [1.29, 1.82) is 0 Å². The van der Waals surface area contributed by atoms with E-state index in [1.54, 1.807) is 31.2 Å². The molecule has 0 aromatic heterocycles. The van der Waals surface area contributed by atoms with Crippen LogP contribution in [0.4, 0.5) is 0 Å². The molecular weight excluding hydrogens is 430 g/mol. The van der Waals surface area contributed by atoms with E-state index in [1.807, 2.05) is 6.92 Å². The number of benzene rings is 1. The second-order valence-electron chi connectivity index (χ2n) is 8.33. The first kappa shape index (κ1) is 26.3. The zero-order valence-corrected chi connectivity index (χ0v) is 20.2. The van der Waals surface area contributed by atoms with Crippen molar-refractivity contribution in [3.8, 4) is 0 Å². The summed E-state index contributed by atoms with van der Waals surface area (Å²) in [7, 11) is -3.56. The number of ether oxygens (including phenoxy) is 1. The Morgan fingerprint density at radius 3 is 2.38 bits per heavy atom. The van der Waals surface area contributed by atoms with Crippen molar-refractivity contribution < 1.29 is 22.7 Å². The van der Waals surface area contributed by atoms with Crippen LogP contribution in [0.1, 0.15) is 51.5 Å². The lowest BCUT2D eigenvalue weighted by Gasteiger charge is -2.31. The van der Waals surface area contributed by atoms with Crippen molar-refractivity contribution in [2.24, 2.45) is 5.92 Å². The number of sulfonamides is 1. The maximum Gasteiger partial charge on any atom is 0.243 e. The number of rotatable bonds is 12. The van der Waals surface area contributed by atoms with Crippen molar-refractivity contribution >= 4 is 21.8 Å². The van der Waals surface area contributed by atoms with Crippen molar-refractivity contribution in [1.82, 2.24) is 14.9 Å².